The second kappa shape index (κ2) is 4.23. The number of aromatic nitrogens is 2. The number of aliphatic hydroxyl groups is 1. The van der Waals surface area contributed by atoms with Crippen molar-refractivity contribution in [1.29, 1.82) is 0 Å². The molecule has 0 aliphatic heterocycles. The van der Waals surface area contributed by atoms with Gasteiger partial charge in [-0.3, -0.25) is 4.68 Å². The van der Waals surface area contributed by atoms with Crippen LogP contribution in [0.25, 0.3) is 11.1 Å². The maximum atomic E-state index is 12.9. The monoisotopic (exact) mass is 206 g/mol. The number of rotatable bonds is 3. The lowest BCUT2D eigenvalue weighted by atomic mass is 10.1. The fourth-order valence-electron chi connectivity index (χ4n) is 1.41. The second-order valence-electron chi connectivity index (χ2n) is 3.23. The minimum absolute atomic E-state index is 0.0459. The highest BCUT2D eigenvalue weighted by Crippen LogP contribution is 2.18. The van der Waals surface area contributed by atoms with E-state index in [1.54, 1.807) is 23.1 Å². The topological polar surface area (TPSA) is 38.0 Å². The largest absolute Gasteiger partial charge is 0.394 e. The molecule has 0 saturated carbocycles. The zero-order valence-electron chi connectivity index (χ0n) is 8.10. The molecule has 78 valence electrons. The molecule has 0 radical (unpaired) electrons. The predicted octanol–water partition coefficient (Wildman–Crippen LogP) is 1.68. The molecular formula is C11H11FN2O. The van der Waals surface area contributed by atoms with Crippen molar-refractivity contribution in [2.45, 2.75) is 6.54 Å². The smallest absolute Gasteiger partial charge is 0.123 e. The van der Waals surface area contributed by atoms with Gasteiger partial charge >= 0.3 is 0 Å². The third-order valence-electron chi connectivity index (χ3n) is 2.12. The first-order chi connectivity index (χ1) is 7.29. The van der Waals surface area contributed by atoms with E-state index in [0.29, 0.717) is 6.54 Å². The summed E-state index contributed by atoms with van der Waals surface area (Å²) in [4.78, 5) is 0. The molecule has 1 aromatic heterocycles. The first-order valence-corrected chi connectivity index (χ1v) is 4.69. The first kappa shape index (κ1) is 9.86. The lowest BCUT2D eigenvalue weighted by Crippen LogP contribution is -2.01. The summed E-state index contributed by atoms with van der Waals surface area (Å²) in [5, 5.41) is 12.8. The zero-order valence-corrected chi connectivity index (χ0v) is 8.10. The summed E-state index contributed by atoms with van der Waals surface area (Å²) in [6.45, 7) is 0.500. The normalized spacial score (nSPS) is 10.5. The summed E-state index contributed by atoms with van der Waals surface area (Å²) in [5.41, 5.74) is 1.64. The van der Waals surface area contributed by atoms with Crippen LogP contribution in [0.5, 0.6) is 0 Å². The summed E-state index contributed by atoms with van der Waals surface area (Å²) in [6, 6.07) is 6.35. The summed E-state index contributed by atoms with van der Waals surface area (Å²) in [5.74, 6) is -0.262. The number of aliphatic hydroxyl groups excluding tert-OH is 1. The van der Waals surface area contributed by atoms with Gasteiger partial charge in [0.25, 0.3) is 0 Å². The number of halogens is 1. The third-order valence-corrected chi connectivity index (χ3v) is 2.12. The molecule has 0 fully saturated rings. The fourth-order valence-corrected chi connectivity index (χ4v) is 1.41. The number of hydrogen-bond donors (Lipinski definition) is 1. The Bertz CT molecular complexity index is 453. The third kappa shape index (κ3) is 2.22. The van der Waals surface area contributed by atoms with Gasteiger partial charge in [-0.25, -0.2) is 4.39 Å². The van der Waals surface area contributed by atoms with Crippen molar-refractivity contribution in [3.8, 4) is 11.1 Å². The highest BCUT2D eigenvalue weighted by Gasteiger charge is 2.02. The van der Waals surface area contributed by atoms with Gasteiger partial charge in [0.1, 0.15) is 5.82 Å². The van der Waals surface area contributed by atoms with Crippen LogP contribution in [0.4, 0.5) is 4.39 Å². The Kier molecular flexibility index (Phi) is 2.78. The molecule has 0 saturated heterocycles. The average molecular weight is 206 g/mol. The SMILES string of the molecule is OCCn1cc(-c2cccc(F)c2)cn1. The summed E-state index contributed by atoms with van der Waals surface area (Å²) >= 11 is 0. The number of benzene rings is 1. The molecule has 0 spiro atoms. The van der Waals surface area contributed by atoms with E-state index in [0.717, 1.165) is 11.1 Å². The van der Waals surface area contributed by atoms with Crippen molar-refractivity contribution in [2.75, 3.05) is 6.61 Å². The van der Waals surface area contributed by atoms with Gasteiger partial charge in [-0.15, -0.1) is 0 Å². The van der Waals surface area contributed by atoms with Crippen molar-refractivity contribution in [1.82, 2.24) is 9.78 Å². The summed E-state index contributed by atoms with van der Waals surface area (Å²) in [6.07, 6.45) is 3.44. The van der Waals surface area contributed by atoms with Crippen LogP contribution in [-0.4, -0.2) is 21.5 Å². The second-order valence-corrected chi connectivity index (χ2v) is 3.23. The Balaban J connectivity index is 2.29. The molecule has 3 nitrogen and oxygen atoms in total. The summed E-state index contributed by atoms with van der Waals surface area (Å²) in [7, 11) is 0. The molecule has 0 amide bonds. The van der Waals surface area contributed by atoms with Crippen LogP contribution in [0.2, 0.25) is 0 Å². The Morgan fingerprint density at radius 2 is 2.20 bits per heavy atom. The molecule has 0 atom stereocenters. The molecule has 1 heterocycles. The van der Waals surface area contributed by atoms with Crippen LogP contribution in [-0.2, 0) is 6.54 Å². The van der Waals surface area contributed by atoms with E-state index in [2.05, 4.69) is 5.10 Å². The number of nitrogens with zero attached hydrogens (tertiary/aromatic N) is 2. The molecule has 1 N–H and O–H groups in total. The Morgan fingerprint density at radius 1 is 1.33 bits per heavy atom. The minimum Gasteiger partial charge on any atom is -0.394 e. The molecular weight excluding hydrogens is 195 g/mol. The Labute approximate surface area is 86.8 Å². The van der Waals surface area contributed by atoms with Crippen molar-refractivity contribution in [3.63, 3.8) is 0 Å². The Hall–Kier alpha value is -1.68. The Morgan fingerprint density at radius 3 is 2.93 bits per heavy atom. The van der Waals surface area contributed by atoms with Gasteiger partial charge in [0.15, 0.2) is 0 Å². The van der Waals surface area contributed by atoms with Crippen LogP contribution < -0.4 is 0 Å². The highest BCUT2D eigenvalue weighted by atomic mass is 19.1. The quantitative estimate of drug-likeness (QED) is 0.829. The van der Waals surface area contributed by atoms with E-state index >= 15 is 0 Å². The van der Waals surface area contributed by atoms with Crippen LogP contribution in [0, 0.1) is 5.82 Å². The molecule has 0 bridgehead atoms. The standard InChI is InChI=1S/C11H11FN2O/c12-11-3-1-2-9(6-11)10-7-13-14(8-10)4-5-15/h1-3,6-8,15H,4-5H2. The zero-order chi connectivity index (χ0) is 10.7. The van der Waals surface area contributed by atoms with E-state index in [1.165, 1.54) is 12.1 Å². The van der Waals surface area contributed by atoms with E-state index in [9.17, 15) is 4.39 Å². The van der Waals surface area contributed by atoms with Crippen LogP contribution in [0.3, 0.4) is 0 Å². The molecule has 0 unspecified atom stereocenters. The van der Waals surface area contributed by atoms with Gasteiger partial charge in [0.2, 0.25) is 0 Å². The molecule has 0 aliphatic rings. The molecule has 1 aromatic carbocycles. The van der Waals surface area contributed by atoms with E-state index < -0.39 is 0 Å². The van der Waals surface area contributed by atoms with Crippen LogP contribution >= 0.6 is 0 Å². The van der Waals surface area contributed by atoms with Crippen molar-refractivity contribution >= 4 is 0 Å². The van der Waals surface area contributed by atoms with Crippen molar-refractivity contribution in [2.24, 2.45) is 0 Å². The molecule has 4 heteroatoms. The lowest BCUT2D eigenvalue weighted by molar-refractivity contribution is 0.269. The maximum absolute atomic E-state index is 12.9. The van der Waals surface area contributed by atoms with Gasteiger partial charge in [-0.1, -0.05) is 12.1 Å². The minimum atomic E-state index is -0.262. The first-order valence-electron chi connectivity index (χ1n) is 4.69. The molecule has 0 aliphatic carbocycles. The van der Waals surface area contributed by atoms with Gasteiger partial charge in [-0.2, -0.15) is 5.10 Å². The van der Waals surface area contributed by atoms with Gasteiger partial charge in [-0.05, 0) is 17.7 Å². The highest BCUT2D eigenvalue weighted by molar-refractivity contribution is 5.61. The van der Waals surface area contributed by atoms with E-state index in [-0.39, 0.29) is 12.4 Å². The molecule has 15 heavy (non-hydrogen) atoms. The summed E-state index contributed by atoms with van der Waals surface area (Å²) < 4.78 is 14.6. The van der Waals surface area contributed by atoms with Gasteiger partial charge in [0.05, 0.1) is 19.3 Å². The van der Waals surface area contributed by atoms with Crippen molar-refractivity contribution < 1.29 is 9.50 Å². The average Bonchev–Trinajstić information content (AvgIpc) is 2.67. The fraction of sp³-hybridized carbons (Fsp3) is 0.182. The van der Waals surface area contributed by atoms with E-state index in [1.807, 2.05) is 6.07 Å². The maximum Gasteiger partial charge on any atom is 0.123 e. The van der Waals surface area contributed by atoms with E-state index in [4.69, 9.17) is 5.11 Å². The van der Waals surface area contributed by atoms with Crippen LogP contribution in [0.1, 0.15) is 0 Å². The van der Waals surface area contributed by atoms with Gasteiger partial charge in [0, 0.05) is 11.8 Å². The van der Waals surface area contributed by atoms with Crippen LogP contribution in [0.15, 0.2) is 36.7 Å². The van der Waals surface area contributed by atoms with Crippen molar-refractivity contribution in [3.05, 3.63) is 42.5 Å². The predicted molar refractivity (Wildman–Crippen MR) is 54.7 cm³/mol. The lowest BCUT2D eigenvalue weighted by Gasteiger charge is -1.97. The number of hydrogen-bond acceptors (Lipinski definition) is 2. The van der Waals surface area contributed by atoms with Gasteiger partial charge < -0.3 is 5.11 Å². The molecule has 2 rings (SSSR count). The molecule has 2 aromatic rings.